The van der Waals surface area contributed by atoms with Crippen LogP contribution < -0.4 is 14.8 Å². The zero-order chi connectivity index (χ0) is 20.0. The van der Waals surface area contributed by atoms with E-state index >= 15 is 0 Å². The third-order valence-electron chi connectivity index (χ3n) is 4.36. The van der Waals surface area contributed by atoms with Crippen LogP contribution in [0.5, 0.6) is 11.5 Å². The topological polar surface area (TPSA) is 65.4 Å². The molecule has 0 saturated heterocycles. The Kier molecular flexibility index (Phi) is 4.21. The monoisotopic (exact) mass is 389 g/mol. The van der Waals surface area contributed by atoms with E-state index in [9.17, 15) is 18.0 Å². The van der Waals surface area contributed by atoms with Crippen molar-refractivity contribution in [3.05, 3.63) is 59.2 Å². The first-order valence-corrected chi connectivity index (χ1v) is 8.24. The number of rotatable bonds is 3. The first kappa shape index (κ1) is 17.9. The predicted octanol–water partition coefficient (Wildman–Crippen LogP) is 3.79. The Morgan fingerprint density at radius 2 is 1.89 bits per heavy atom. The van der Waals surface area contributed by atoms with Crippen molar-refractivity contribution in [2.45, 2.75) is 6.92 Å². The molecule has 4 rings (SSSR count). The fourth-order valence-electron chi connectivity index (χ4n) is 3.06. The molecular formula is C19H14F3N3O3. The highest BCUT2D eigenvalue weighted by Crippen LogP contribution is 2.39. The number of carbonyl (C=O) groups is 1. The van der Waals surface area contributed by atoms with Crippen LogP contribution in [0.4, 0.5) is 18.9 Å². The van der Waals surface area contributed by atoms with Gasteiger partial charge in [0.05, 0.1) is 11.4 Å². The standard InChI is InChI=1S/C19H14F3N3O3/c1-9-16(18(22)25(2)24-9)19(26)23-17-12(6-11(20)7-13(17)21)10-3-4-14-15(5-10)28-8-27-14/h3-7H,8H2,1-2H3,(H,23,26). The molecule has 3 aromatic rings. The normalized spacial score (nSPS) is 12.3. The molecule has 0 unspecified atom stereocenters. The van der Waals surface area contributed by atoms with Crippen molar-refractivity contribution in [1.29, 1.82) is 0 Å². The molecule has 0 fully saturated rings. The zero-order valence-electron chi connectivity index (χ0n) is 14.8. The third kappa shape index (κ3) is 2.94. The number of aromatic nitrogens is 2. The van der Waals surface area contributed by atoms with E-state index in [1.807, 2.05) is 0 Å². The Balaban J connectivity index is 1.78. The summed E-state index contributed by atoms with van der Waals surface area (Å²) in [5.74, 6) is -2.67. The summed E-state index contributed by atoms with van der Waals surface area (Å²) in [6.07, 6.45) is 0. The highest BCUT2D eigenvalue weighted by atomic mass is 19.1. The van der Waals surface area contributed by atoms with Gasteiger partial charge in [-0.05, 0) is 30.7 Å². The SMILES string of the molecule is Cc1nn(C)c(F)c1C(=O)Nc1c(F)cc(F)cc1-c1ccc2c(c1)OCO2. The van der Waals surface area contributed by atoms with E-state index in [-0.39, 0.29) is 29.3 Å². The maximum absolute atomic E-state index is 14.5. The Morgan fingerprint density at radius 1 is 1.14 bits per heavy atom. The second-order valence-electron chi connectivity index (χ2n) is 6.21. The average Bonchev–Trinajstić information content (AvgIpc) is 3.20. The zero-order valence-corrected chi connectivity index (χ0v) is 14.8. The summed E-state index contributed by atoms with van der Waals surface area (Å²) in [4.78, 5) is 12.6. The van der Waals surface area contributed by atoms with Crippen molar-refractivity contribution < 1.29 is 27.4 Å². The minimum atomic E-state index is -0.997. The number of hydrogen-bond acceptors (Lipinski definition) is 4. The van der Waals surface area contributed by atoms with Gasteiger partial charge in [-0.3, -0.25) is 4.79 Å². The lowest BCUT2D eigenvalue weighted by atomic mass is 10.0. The van der Waals surface area contributed by atoms with Gasteiger partial charge >= 0.3 is 0 Å². The average molecular weight is 389 g/mol. The Bertz CT molecular complexity index is 1110. The lowest BCUT2D eigenvalue weighted by Gasteiger charge is -2.13. The molecule has 2 heterocycles. The van der Waals surface area contributed by atoms with Crippen LogP contribution in [0.3, 0.4) is 0 Å². The smallest absolute Gasteiger partial charge is 0.262 e. The molecule has 0 saturated carbocycles. The third-order valence-corrected chi connectivity index (χ3v) is 4.36. The molecule has 9 heteroatoms. The molecule has 1 aliphatic rings. The van der Waals surface area contributed by atoms with Crippen molar-refractivity contribution in [3.63, 3.8) is 0 Å². The van der Waals surface area contributed by atoms with E-state index in [0.29, 0.717) is 23.1 Å². The van der Waals surface area contributed by atoms with Crippen LogP contribution in [-0.2, 0) is 7.05 Å². The minimum absolute atomic E-state index is 0.0411. The lowest BCUT2D eigenvalue weighted by Crippen LogP contribution is -2.16. The number of ether oxygens (including phenoxy) is 2. The molecule has 1 aromatic heterocycles. The maximum atomic E-state index is 14.5. The van der Waals surface area contributed by atoms with Crippen LogP contribution >= 0.6 is 0 Å². The number of aryl methyl sites for hydroxylation is 2. The van der Waals surface area contributed by atoms with Crippen LogP contribution in [0, 0.1) is 24.5 Å². The van der Waals surface area contributed by atoms with E-state index in [0.717, 1.165) is 10.7 Å². The Hall–Kier alpha value is -3.49. The van der Waals surface area contributed by atoms with Crippen molar-refractivity contribution in [2.24, 2.45) is 7.05 Å². The van der Waals surface area contributed by atoms with Crippen molar-refractivity contribution in [3.8, 4) is 22.6 Å². The second kappa shape index (κ2) is 6.59. The molecule has 1 aliphatic heterocycles. The van der Waals surface area contributed by atoms with Gasteiger partial charge in [0.2, 0.25) is 12.7 Å². The summed E-state index contributed by atoms with van der Waals surface area (Å²) in [5, 5.41) is 6.16. The summed E-state index contributed by atoms with van der Waals surface area (Å²) in [6, 6.07) is 6.42. The summed E-state index contributed by atoms with van der Waals surface area (Å²) in [7, 11) is 1.34. The molecule has 2 aromatic carbocycles. The van der Waals surface area contributed by atoms with E-state index < -0.39 is 23.5 Å². The van der Waals surface area contributed by atoms with Gasteiger partial charge in [0.1, 0.15) is 17.2 Å². The highest BCUT2D eigenvalue weighted by molar-refractivity contribution is 6.07. The van der Waals surface area contributed by atoms with Gasteiger partial charge in [-0.15, -0.1) is 0 Å². The molecular weight excluding hydrogens is 375 g/mol. The number of nitrogens with zero attached hydrogens (tertiary/aromatic N) is 2. The lowest BCUT2D eigenvalue weighted by molar-refractivity contribution is 0.102. The summed E-state index contributed by atoms with van der Waals surface area (Å²) in [5.41, 5.74) is 0.00728. The quantitative estimate of drug-likeness (QED) is 0.740. The first-order valence-electron chi connectivity index (χ1n) is 8.24. The molecule has 28 heavy (non-hydrogen) atoms. The molecule has 0 aliphatic carbocycles. The molecule has 0 atom stereocenters. The van der Waals surface area contributed by atoms with E-state index in [1.165, 1.54) is 14.0 Å². The molecule has 0 bridgehead atoms. The van der Waals surface area contributed by atoms with Gasteiger partial charge in [-0.2, -0.15) is 9.49 Å². The molecule has 1 amide bonds. The Labute approximate surface area is 157 Å². The number of halogens is 3. The minimum Gasteiger partial charge on any atom is -0.454 e. The van der Waals surface area contributed by atoms with Crippen molar-refractivity contribution >= 4 is 11.6 Å². The van der Waals surface area contributed by atoms with Gasteiger partial charge in [0.25, 0.3) is 5.91 Å². The van der Waals surface area contributed by atoms with E-state index in [4.69, 9.17) is 9.47 Å². The fourth-order valence-corrected chi connectivity index (χ4v) is 3.06. The number of amides is 1. The summed E-state index contributed by atoms with van der Waals surface area (Å²) < 4.78 is 54.0. The van der Waals surface area contributed by atoms with Gasteiger partial charge in [-0.1, -0.05) is 6.07 Å². The van der Waals surface area contributed by atoms with Crippen LogP contribution in [0.2, 0.25) is 0 Å². The van der Waals surface area contributed by atoms with Crippen LogP contribution in [0.1, 0.15) is 16.1 Å². The van der Waals surface area contributed by atoms with Crippen molar-refractivity contribution in [1.82, 2.24) is 9.78 Å². The highest BCUT2D eigenvalue weighted by Gasteiger charge is 2.24. The molecule has 1 N–H and O–H groups in total. The van der Waals surface area contributed by atoms with Gasteiger partial charge < -0.3 is 14.8 Å². The van der Waals surface area contributed by atoms with Gasteiger partial charge in [-0.25, -0.2) is 13.5 Å². The second-order valence-corrected chi connectivity index (χ2v) is 6.21. The number of fused-ring (bicyclic) bond motifs is 1. The molecule has 0 spiro atoms. The van der Waals surface area contributed by atoms with E-state index in [2.05, 4.69) is 10.4 Å². The van der Waals surface area contributed by atoms with Gasteiger partial charge in [0, 0.05) is 18.7 Å². The fraction of sp³-hybridized carbons (Fsp3) is 0.158. The largest absolute Gasteiger partial charge is 0.454 e. The Morgan fingerprint density at radius 3 is 2.61 bits per heavy atom. The molecule has 6 nitrogen and oxygen atoms in total. The van der Waals surface area contributed by atoms with Crippen LogP contribution in [0.25, 0.3) is 11.1 Å². The number of benzene rings is 2. The van der Waals surface area contributed by atoms with Gasteiger partial charge in [0.15, 0.2) is 11.5 Å². The van der Waals surface area contributed by atoms with Crippen LogP contribution in [-0.4, -0.2) is 22.5 Å². The molecule has 0 radical (unpaired) electrons. The van der Waals surface area contributed by atoms with Crippen LogP contribution in [0.15, 0.2) is 30.3 Å². The number of hydrogen-bond donors (Lipinski definition) is 1. The van der Waals surface area contributed by atoms with E-state index in [1.54, 1.807) is 18.2 Å². The first-order chi connectivity index (χ1) is 13.3. The summed E-state index contributed by atoms with van der Waals surface area (Å²) in [6.45, 7) is 1.50. The summed E-state index contributed by atoms with van der Waals surface area (Å²) >= 11 is 0. The number of carbonyl (C=O) groups excluding carboxylic acids is 1. The van der Waals surface area contributed by atoms with Crippen molar-refractivity contribution in [2.75, 3.05) is 12.1 Å². The number of nitrogens with one attached hydrogen (secondary N) is 1. The predicted molar refractivity (Wildman–Crippen MR) is 93.8 cm³/mol. The maximum Gasteiger partial charge on any atom is 0.262 e. The molecule has 144 valence electrons. The number of anilines is 1.